The first-order chi connectivity index (χ1) is 7.34. The number of rotatable bonds is 4. The first-order valence-corrected chi connectivity index (χ1v) is 5.89. The summed E-state index contributed by atoms with van der Waals surface area (Å²) in [6.07, 6.45) is 3.77. The van der Waals surface area contributed by atoms with E-state index in [1.165, 1.54) is 3.57 Å². The van der Waals surface area contributed by atoms with E-state index >= 15 is 0 Å². The zero-order valence-electron chi connectivity index (χ0n) is 8.23. The van der Waals surface area contributed by atoms with Crippen molar-refractivity contribution in [3.63, 3.8) is 0 Å². The van der Waals surface area contributed by atoms with Crippen LogP contribution >= 0.6 is 22.6 Å². The van der Waals surface area contributed by atoms with Crippen LogP contribution in [0.25, 0.3) is 0 Å². The molecule has 0 aliphatic carbocycles. The summed E-state index contributed by atoms with van der Waals surface area (Å²) in [4.78, 5) is 0. The molecule has 1 N–H and O–H groups in total. The first-order valence-electron chi connectivity index (χ1n) is 4.81. The molecule has 78 valence electrons. The second kappa shape index (κ2) is 5.16. The Bertz CT molecular complexity index is 412. The van der Waals surface area contributed by atoms with Gasteiger partial charge in [-0.05, 0) is 46.9 Å². The van der Waals surface area contributed by atoms with E-state index in [4.69, 9.17) is 0 Å². The van der Waals surface area contributed by atoms with Gasteiger partial charge in [0.1, 0.15) is 0 Å². The monoisotopic (exact) mass is 313 g/mol. The highest BCUT2D eigenvalue weighted by molar-refractivity contribution is 14.1. The summed E-state index contributed by atoms with van der Waals surface area (Å²) in [5.74, 6) is 0. The van der Waals surface area contributed by atoms with E-state index in [2.05, 4.69) is 57.3 Å². The van der Waals surface area contributed by atoms with Gasteiger partial charge in [0.2, 0.25) is 0 Å². The minimum atomic E-state index is 0.887. The maximum atomic E-state index is 4.14. The van der Waals surface area contributed by atoms with Gasteiger partial charge in [0, 0.05) is 28.2 Å². The Balaban J connectivity index is 1.83. The fourth-order valence-corrected chi connectivity index (χ4v) is 1.89. The van der Waals surface area contributed by atoms with Crippen molar-refractivity contribution in [3.05, 3.63) is 46.3 Å². The fraction of sp³-hybridized carbons (Fsp3) is 0.182. The average Bonchev–Trinajstić information content (AvgIpc) is 2.71. The van der Waals surface area contributed by atoms with Crippen LogP contribution in [0.4, 0.5) is 5.69 Å². The molecule has 1 aromatic carbocycles. The number of hydrogen-bond acceptors (Lipinski definition) is 2. The molecule has 1 aromatic heterocycles. The molecule has 0 saturated carbocycles. The van der Waals surface area contributed by atoms with Crippen molar-refractivity contribution in [1.82, 2.24) is 9.78 Å². The van der Waals surface area contributed by atoms with E-state index in [9.17, 15) is 0 Å². The van der Waals surface area contributed by atoms with E-state index in [1.54, 1.807) is 6.20 Å². The molecule has 15 heavy (non-hydrogen) atoms. The van der Waals surface area contributed by atoms with Gasteiger partial charge in [-0.3, -0.25) is 4.68 Å². The lowest BCUT2D eigenvalue weighted by molar-refractivity contribution is 0.638. The van der Waals surface area contributed by atoms with Gasteiger partial charge in [-0.15, -0.1) is 0 Å². The Morgan fingerprint density at radius 3 is 3.00 bits per heavy atom. The maximum Gasteiger partial charge on any atom is 0.0582 e. The van der Waals surface area contributed by atoms with Gasteiger partial charge in [-0.25, -0.2) is 0 Å². The Morgan fingerprint density at radius 2 is 2.27 bits per heavy atom. The summed E-state index contributed by atoms with van der Waals surface area (Å²) in [6.45, 7) is 1.78. The van der Waals surface area contributed by atoms with Crippen LogP contribution in [0.1, 0.15) is 0 Å². The number of nitrogens with zero attached hydrogens (tertiary/aromatic N) is 2. The molecule has 0 aliphatic heterocycles. The highest BCUT2D eigenvalue weighted by atomic mass is 127. The van der Waals surface area contributed by atoms with Gasteiger partial charge in [-0.2, -0.15) is 5.10 Å². The maximum absolute atomic E-state index is 4.14. The Kier molecular flexibility index (Phi) is 3.60. The van der Waals surface area contributed by atoms with Crippen LogP contribution < -0.4 is 5.32 Å². The quantitative estimate of drug-likeness (QED) is 0.880. The van der Waals surface area contributed by atoms with Crippen molar-refractivity contribution in [2.75, 3.05) is 11.9 Å². The number of aromatic nitrogens is 2. The summed E-state index contributed by atoms with van der Waals surface area (Å²) >= 11 is 2.31. The van der Waals surface area contributed by atoms with Crippen molar-refractivity contribution >= 4 is 28.3 Å². The van der Waals surface area contributed by atoms with Crippen LogP contribution in [0.3, 0.4) is 0 Å². The molecule has 4 heteroatoms. The molecule has 0 radical (unpaired) electrons. The van der Waals surface area contributed by atoms with E-state index in [0.717, 1.165) is 18.8 Å². The second-order valence-corrected chi connectivity index (χ2v) is 4.45. The molecule has 0 spiro atoms. The first kappa shape index (κ1) is 10.5. The third kappa shape index (κ3) is 3.23. The van der Waals surface area contributed by atoms with Gasteiger partial charge in [0.15, 0.2) is 0 Å². The second-order valence-electron chi connectivity index (χ2n) is 3.21. The largest absolute Gasteiger partial charge is 0.383 e. The van der Waals surface area contributed by atoms with Crippen LogP contribution in [0.2, 0.25) is 0 Å². The molecule has 0 unspecified atom stereocenters. The van der Waals surface area contributed by atoms with Gasteiger partial charge in [-0.1, -0.05) is 6.07 Å². The molecule has 3 nitrogen and oxygen atoms in total. The van der Waals surface area contributed by atoms with Gasteiger partial charge >= 0.3 is 0 Å². The number of anilines is 1. The highest BCUT2D eigenvalue weighted by Gasteiger charge is 1.93. The lowest BCUT2D eigenvalue weighted by Gasteiger charge is -2.06. The molecule has 2 aromatic rings. The number of hydrogen-bond donors (Lipinski definition) is 1. The lowest BCUT2D eigenvalue weighted by Crippen LogP contribution is -2.10. The van der Waals surface area contributed by atoms with E-state index in [0.29, 0.717) is 0 Å². The summed E-state index contributed by atoms with van der Waals surface area (Å²) in [5.41, 5.74) is 1.16. The van der Waals surface area contributed by atoms with Crippen LogP contribution in [-0.2, 0) is 6.54 Å². The molecule has 0 aliphatic rings. The lowest BCUT2D eigenvalue weighted by atomic mass is 10.3. The average molecular weight is 313 g/mol. The molecule has 0 bridgehead atoms. The van der Waals surface area contributed by atoms with Crippen molar-refractivity contribution < 1.29 is 0 Å². The zero-order chi connectivity index (χ0) is 10.5. The van der Waals surface area contributed by atoms with E-state index < -0.39 is 0 Å². The Labute approximate surface area is 103 Å². The van der Waals surface area contributed by atoms with E-state index in [1.807, 2.05) is 16.9 Å². The smallest absolute Gasteiger partial charge is 0.0582 e. The standard InChI is InChI=1S/C11H12IN3/c12-10-3-1-4-11(9-10)13-6-8-15-7-2-5-14-15/h1-5,7,9,13H,6,8H2. The van der Waals surface area contributed by atoms with Gasteiger partial charge in [0.25, 0.3) is 0 Å². The molecule has 2 rings (SSSR count). The number of benzene rings is 1. The summed E-state index contributed by atoms with van der Waals surface area (Å²) < 4.78 is 3.16. The van der Waals surface area contributed by atoms with Crippen LogP contribution in [0, 0.1) is 3.57 Å². The normalized spacial score (nSPS) is 10.2. The van der Waals surface area contributed by atoms with Crippen molar-refractivity contribution in [2.45, 2.75) is 6.54 Å². The van der Waals surface area contributed by atoms with Crippen molar-refractivity contribution in [1.29, 1.82) is 0 Å². The van der Waals surface area contributed by atoms with Crippen molar-refractivity contribution in [2.24, 2.45) is 0 Å². The molecular weight excluding hydrogens is 301 g/mol. The van der Waals surface area contributed by atoms with Gasteiger partial charge < -0.3 is 5.32 Å². The predicted molar refractivity (Wildman–Crippen MR) is 69.9 cm³/mol. The third-order valence-electron chi connectivity index (χ3n) is 2.05. The molecular formula is C11H12IN3. The zero-order valence-corrected chi connectivity index (χ0v) is 10.4. The van der Waals surface area contributed by atoms with Crippen molar-refractivity contribution in [3.8, 4) is 0 Å². The van der Waals surface area contributed by atoms with Crippen LogP contribution in [0.15, 0.2) is 42.7 Å². The molecule has 0 saturated heterocycles. The molecule has 0 amide bonds. The summed E-state index contributed by atoms with van der Waals surface area (Å²) in [5, 5.41) is 7.50. The topological polar surface area (TPSA) is 29.9 Å². The minimum Gasteiger partial charge on any atom is -0.383 e. The summed E-state index contributed by atoms with van der Waals surface area (Å²) in [6, 6.07) is 10.3. The fourth-order valence-electron chi connectivity index (χ4n) is 1.35. The highest BCUT2D eigenvalue weighted by Crippen LogP contribution is 2.11. The SMILES string of the molecule is Ic1cccc(NCCn2cccn2)c1. The number of halogens is 1. The Hall–Kier alpha value is -1.04. The number of nitrogens with one attached hydrogen (secondary N) is 1. The molecule has 0 atom stereocenters. The van der Waals surface area contributed by atoms with E-state index in [-0.39, 0.29) is 0 Å². The Morgan fingerprint density at radius 1 is 1.33 bits per heavy atom. The minimum absolute atomic E-state index is 0.887. The van der Waals surface area contributed by atoms with Crippen LogP contribution in [-0.4, -0.2) is 16.3 Å². The predicted octanol–water partition coefficient (Wildman–Crippen LogP) is 2.60. The third-order valence-corrected chi connectivity index (χ3v) is 2.72. The molecule has 1 heterocycles. The molecule has 0 fully saturated rings. The van der Waals surface area contributed by atoms with Crippen LogP contribution in [0.5, 0.6) is 0 Å². The summed E-state index contributed by atoms with van der Waals surface area (Å²) in [7, 11) is 0. The van der Waals surface area contributed by atoms with Gasteiger partial charge in [0.05, 0.1) is 6.54 Å².